The summed E-state index contributed by atoms with van der Waals surface area (Å²) in [4.78, 5) is 54.8. The van der Waals surface area contributed by atoms with Gasteiger partial charge in [-0.1, -0.05) is 39.0 Å². The first kappa shape index (κ1) is 37.6. The highest BCUT2D eigenvalue weighted by molar-refractivity contribution is 6.39. The van der Waals surface area contributed by atoms with E-state index in [4.69, 9.17) is 9.47 Å². The monoisotopic (exact) mass is 693 g/mol. The number of anilines is 1. The summed E-state index contributed by atoms with van der Waals surface area (Å²) in [6.45, 7) is 9.76. The number of carbonyl (C=O) groups excluding carboxylic acids is 4. The molecule has 0 aliphatic carbocycles. The molecule has 2 aromatic carbocycles. The molecule has 0 spiro atoms. The second-order valence-corrected chi connectivity index (χ2v) is 14.5. The van der Waals surface area contributed by atoms with Gasteiger partial charge in [-0.15, -0.1) is 0 Å². The molecular weight excluding hydrogens is 650 g/mol. The number of halogens is 4. The van der Waals surface area contributed by atoms with Gasteiger partial charge >= 0.3 is 17.8 Å². The Morgan fingerprint density at radius 3 is 2.16 bits per heavy atom. The van der Waals surface area contributed by atoms with E-state index in [-0.39, 0.29) is 17.5 Å². The van der Waals surface area contributed by atoms with Crippen molar-refractivity contribution in [3.05, 3.63) is 59.2 Å². The van der Waals surface area contributed by atoms with E-state index in [2.05, 4.69) is 10.6 Å². The number of ether oxygens (including phenoxy) is 2. The van der Waals surface area contributed by atoms with Gasteiger partial charge in [-0.05, 0) is 63.5 Å². The van der Waals surface area contributed by atoms with Gasteiger partial charge in [0.05, 0.1) is 18.4 Å². The average molecular weight is 694 g/mol. The molecular formula is C35H43F4N3O7. The van der Waals surface area contributed by atoms with Gasteiger partial charge in [-0.25, -0.2) is 8.78 Å². The summed E-state index contributed by atoms with van der Waals surface area (Å²) in [7, 11) is 0. The van der Waals surface area contributed by atoms with Crippen LogP contribution >= 0.6 is 0 Å². The van der Waals surface area contributed by atoms with E-state index < -0.39 is 95.4 Å². The van der Waals surface area contributed by atoms with Crippen molar-refractivity contribution in [1.82, 2.24) is 10.2 Å². The van der Waals surface area contributed by atoms with Gasteiger partial charge in [0, 0.05) is 23.8 Å². The Balaban J connectivity index is 1.51. The fraction of sp³-hybridized carbons (Fsp3) is 0.543. The number of hydrogen-bond donors (Lipinski definition) is 3. The largest absolute Gasteiger partial charge is 0.485 e. The molecule has 0 aromatic heterocycles. The molecule has 4 unspecified atom stereocenters. The minimum Gasteiger partial charge on any atom is -0.485 e. The number of esters is 1. The van der Waals surface area contributed by atoms with Crippen molar-refractivity contribution >= 4 is 29.4 Å². The van der Waals surface area contributed by atoms with Crippen LogP contribution in [0.4, 0.5) is 23.2 Å². The zero-order chi connectivity index (χ0) is 36.4. The number of nitrogens with one attached hydrogen (secondary N) is 2. The second kappa shape index (κ2) is 14.7. The summed E-state index contributed by atoms with van der Waals surface area (Å²) in [5.41, 5.74) is 0.0762. The zero-order valence-corrected chi connectivity index (χ0v) is 28.4. The Morgan fingerprint density at radius 2 is 1.55 bits per heavy atom. The van der Waals surface area contributed by atoms with Crippen molar-refractivity contribution in [3.63, 3.8) is 0 Å². The molecule has 0 saturated carbocycles. The topological polar surface area (TPSA) is 134 Å². The van der Waals surface area contributed by atoms with E-state index in [1.807, 2.05) is 32.9 Å². The smallest absolute Gasteiger partial charge is 0.313 e. The molecule has 3 amide bonds. The molecule has 2 aromatic rings. The van der Waals surface area contributed by atoms with Crippen molar-refractivity contribution in [2.24, 2.45) is 5.92 Å². The Kier molecular flexibility index (Phi) is 11.3. The third-order valence-corrected chi connectivity index (χ3v) is 8.64. The molecule has 3 N–H and O–H groups in total. The second-order valence-electron chi connectivity index (χ2n) is 14.5. The normalized spacial score (nSPS) is 20.3. The summed E-state index contributed by atoms with van der Waals surface area (Å²) in [6.07, 6.45) is -0.679. The standard InChI is InChI=1S/C35H43F4N3O7/c1-34(2,3)20-9-7-8-10-23(20)40-32(46)33(47)42-18-11-13-19(25(42)14-12-18)31(45)41-24(16-27(44)49-35(4,5)6)26(43)17-48-30-28(38)21(36)15-22(37)29(30)39/h7-10,15,18-19,24-26,43H,11-14,16-17H2,1-6H3,(H,40,46)(H,41,45)/t18?,19?,24-,25?,26?/m0/s1. The molecule has 4 rings (SSSR count). The maximum atomic E-state index is 14.2. The lowest BCUT2D eigenvalue weighted by Gasteiger charge is -2.39. The van der Waals surface area contributed by atoms with Gasteiger partial charge in [0.1, 0.15) is 18.3 Å². The van der Waals surface area contributed by atoms with Crippen molar-refractivity contribution in [2.45, 2.75) is 109 Å². The molecule has 2 bridgehead atoms. The van der Waals surface area contributed by atoms with Crippen molar-refractivity contribution < 1.29 is 51.3 Å². The molecule has 49 heavy (non-hydrogen) atoms. The highest BCUT2D eigenvalue weighted by Crippen LogP contribution is 2.40. The highest BCUT2D eigenvalue weighted by atomic mass is 19.2. The van der Waals surface area contributed by atoms with Crippen molar-refractivity contribution in [3.8, 4) is 5.75 Å². The van der Waals surface area contributed by atoms with E-state index >= 15 is 0 Å². The van der Waals surface area contributed by atoms with E-state index in [1.165, 1.54) is 4.90 Å². The number of piperidine rings is 1. The van der Waals surface area contributed by atoms with Gasteiger partial charge in [0.15, 0.2) is 17.4 Å². The number of aliphatic hydroxyl groups excluding tert-OH is 1. The van der Waals surface area contributed by atoms with Crippen LogP contribution in [0.25, 0.3) is 0 Å². The summed E-state index contributed by atoms with van der Waals surface area (Å²) >= 11 is 0. The molecule has 10 nitrogen and oxygen atoms in total. The van der Waals surface area contributed by atoms with Crippen LogP contribution in [-0.2, 0) is 29.3 Å². The molecule has 2 aliphatic rings. The van der Waals surface area contributed by atoms with Crippen LogP contribution in [0.5, 0.6) is 5.75 Å². The van der Waals surface area contributed by atoms with Crippen LogP contribution in [0, 0.1) is 29.2 Å². The van der Waals surface area contributed by atoms with E-state index in [1.54, 1.807) is 32.9 Å². The zero-order valence-electron chi connectivity index (χ0n) is 28.4. The first-order valence-electron chi connectivity index (χ1n) is 16.2. The van der Waals surface area contributed by atoms with Crippen LogP contribution < -0.4 is 15.4 Å². The van der Waals surface area contributed by atoms with Crippen LogP contribution in [0.3, 0.4) is 0 Å². The van der Waals surface area contributed by atoms with Crippen LogP contribution in [0.2, 0.25) is 0 Å². The Bertz CT molecular complexity index is 1560. The number of para-hydroxylation sites is 1. The quantitative estimate of drug-likeness (QED) is 0.147. The average Bonchev–Trinajstić information content (AvgIpc) is 3.29. The predicted octanol–water partition coefficient (Wildman–Crippen LogP) is 4.91. The summed E-state index contributed by atoms with van der Waals surface area (Å²) in [5.74, 6) is -12.5. The molecule has 2 heterocycles. The minimum atomic E-state index is -1.83. The first-order chi connectivity index (χ1) is 22.8. The third kappa shape index (κ3) is 8.89. The fourth-order valence-corrected chi connectivity index (χ4v) is 6.41. The molecule has 14 heteroatoms. The van der Waals surface area contributed by atoms with Crippen LogP contribution in [0.1, 0.15) is 79.2 Å². The van der Waals surface area contributed by atoms with Gasteiger partial charge in [0.2, 0.25) is 17.5 Å². The number of hydrogen-bond acceptors (Lipinski definition) is 7. The molecule has 2 saturated heterocycles. The number of fused-ring (bicyclic) bond motifs is 2. The third-order valence-electron chi connectivity index (χ3n) is 8.64. The van der Waals surface area contributed by atoms with Gasteiger partial charge < -0.3 is 30.1 Å². The number of aliphatic hydroxyl groups is 1. The Labute approximate surface area is 282 Å². The maximum absolute atomic E-state index is 14.2. The number of nitrogens with zero attached hydrogens (tertiary/aromatic N) is 1. The lowest BCUT2D eigenvalue weighted by Crippen LogP contribution is -2.57. The van der Waals surface area contributed by atoms with Gasteiger partial charge in [-0.2, -0.15) is 8.78 Å². The van der Waals surface area contributed by atoms with Crippen molar-refractivity contribution in [1.29, 1.82) is 0 Å². The summed E-state index contributed by atoms with van der Waals surface area (Å²) in [6, 6.07) is 4.79. The van der Waals surface area contributed by atoms with E-state index in [0.29, 0.717) is 31.4 Å². The minimum absolute atomic E-state index is 0.000298. The maximum Gasteiger partial charge on any atom is 0.313 e. The molecule has 2 aliphatic heterocycles. The Hall–Kier alpha value is -4.20. The van der Waals surface area contributed by atoms with Crippen molar-refractivity contribution in [2.75, 3.05) is 11.9 Å². The summed E-state index contributed by atoms with van der Waals surface area (Å²) in [5, 5.41) is 16.3. The molecule has 2 fully saturated rings. The SMILES string of the molecule is CC(C)(C)OC(=O)C[C@H](NC(=O)C1CCC2CCC1N2C(=O)C(=O)Nc1ccccc1C(C)(C)C)C(O)COc1c(F)c(F)cc(F)c1F. The fourth-order valence-electron chi connectivity index (χ4n) is 6.41. The lowest BCUT2D eigenvalue weighted by molar-refractivity contribution is -0.156. The molecule has 5 atom stereocenters. The number of benzene rings is 2. The van der Waals surface area contributed by atoms with Gasteiger partial charge in [0.25, 0.3) is 0 Å². The number of amides is 3. The predicted molar refractivity (Wildman–Crippen MR) is 170 cm³/mol. The molecule has 0 radical (unpaired) electrons. The first-order valence-corrected chi connectivity index (χ1v) is 16.2. The lowest BCUT2D eigenvalue weighted by atomic mass is 9.86. The van der Waals surface area contributed by atoms with Crippen LogP contribution in [0.15, 0.2) is 30.3 Å². The highest BCUT2D eigenvalue weighted by Gasteiger charge is 2.49. The van der Waals surface area contributed by atoms with Gasteiger partial charge in [-0.3, -0.25) is 19.2 Å². The number of rotatable bonds is 9. The van der Waals surface area contributed by atoms with Crippen LogP contribution in [-0.4, -0.2) is 70.1 Å². The van der Waals surface area contributed by atoms with E-state index in [0.717, 1.165) is 5.56 Å². The van der Waals surface area contributed by atoms with E-state index in [9.17, 15) is 41.8 Å². The number of carbonyl (C=O) groups is 4. The Morgan fingerprint density at radius 1 is 0.939 bits per heavy atom. The summed E-state index contributed by atoms with van der Waals surface area (Å²) < 4.78 is 66.0. The molecule has 268 valence electrons.